The summed E-state index contributed by atoms with van der Waals surface area (Å²) in [4.78, 5) is 17.1. The van der Waals surface area contributed by atoms with Gasteiger partial charge in [-0.05, 0) is 89.5 Å². The molecule has 0 atom stereocenters. The Morgan fingerprint density at radius 1 is 0.868 bits per heavy atom. The van der Waals surface area contributed by atoms with Crippen LogP contribution in [0.15, 0.2) is 64.8 Å². The highest BCUT2D eigenvalue weighted by atomic mass is 16.7. The highest BCUT2D eigenvalue weighted by Crippen LogP contribution is 2.32. The van der Waals surface area contributed by atoms with Crippen molar-refractivity contribution >= 4 is 5.91 Å². The van der Waals surface area contributed by atoms with E-state index in [1.54, 1.807) is 6.08 Å². The Morgan fingerprint density at radius 2 is 1.55 bits per heavy atom. The van der Waals surface area contributed by atoms with Crippen LogP contribution in [0.5, 0.6) is 11.5 Å². The lowest BCUT2D eigenvalue weighted by Crippen LogP contribution is -2.47. The maximum Gasteiger partial charge on any atom is 0.246 e. The molecule has 208 valence electrons. The molecule has 0 saturated carbocycles. The van der Waals surface area contributed by atoms with E-state index in [2.05, 4.69) is 50.0 Å². The Balaban J connectivity index is 1.36. The fraction of sp³-hybridized carbons (Fsp3) is 0.531. The van der Waals surface area contributed by atoms with Crippen LogP contribution in [0, 0.1) is 0 Å². The number of ether oxygens (including phenoxy) is 2. The number of aliphatic hydroxyl groups is 1. The van der Waals surface area contributed by atoms with Crippen LogP contribution in [0.3, 0.4) is 0 Å². The predicted molar refractivity (Wildman–Crippen MR) is 154 cm³/mol. The molecule has 2 heterocycles. The lowest BCUT2D eigenvalue weighted by atomic mass is 10.0. The summed E-state index contributed by atoms with van der Waals surface area (Å²) in [6, 6.07) is 6.10. The summed E-state index contributed by atoms with van der Waals surface area (Å²) < 4.78 is 10.9. The minimum Gasteiger partial charge on any atom is -0.454 e. The van der Waals surface area contributed by atoms with Crippen molar-refractivity contribution in [1.82, 2.24) is 9.80 Å². The van der Waals surface area contributed by atoms with Crippen molar-refractivity contribution in [3.05, 3.63) is 70.4 Å². The van der Waals surface area contributed by atoms with Crippen LogP contribution in [-0.4, -0.2) is 60.4 Å². The highest BCUT2D eigenvalue weighted by molar-refractivity contribution is 5.88. The van der Waals surface area contributed by atoms with Gasteiger partial charge in [0.1, 0.15) is 0 Å². The molecule has 1 fully saturated rings. The molecular weight excluding hydrogens is 476 g/mol. The second-order valence-corrected chi connectivity index (χ2v) is 10.7. The zero-order valence-corrected chi connectivity index (χ0v) is 23.8. The first kappa shape index (κ1) is 29.7. The van der Waals surface area contributed by atoms with Gasteiger partial charge in [-0.25, -0.2) is 0 Å². The SMILES string of the molecule is CC(C)=CCCC(C)=CCCC(=CCCC(C)=CC(=O)N1CCN(Cc2ccc3c(c2)OCO3)CC1)CO. The molecule has 0 spiro atoms. The van der Waals surface area contributed by atoms with E-state index in [9.17, 15) is 9.90 Å². The number of amides is 1. The average molecular weight is 523 g/mol. The number of benzene rings is 1. The van der Waals surface area contributed by atoms with Gasteiger partial charge < -0.3 is 19.5 Å². The van der Waals surface area contributed by atoms with Gasteiger partial charge in [-0.3, -0.25) is 9.69 Å². The molecule has 0 unspecified atom stereocenters. The van der Waals surface area contributed by atoms with Crippen LogP contribution in [0.1, 0.15) is 71.8 Å². The van der Waals surface area contributed by atoms with E-state index in [4.69, 9.17) is 9.47 Å². The summed E-state index contributed by atoms with van der Waals surface area (Å²) in [5.41, 5.74) is 6.14. The van der Waals surface area contributed by atoms with Gasteiger partial charge in [0.25, 0.3) is 0 Å². The Labute approximate surface area is 229 Å². The smallest absolute Gasteiger partial charge is 0.246 e. The van der Waals surface area contributed by atoms with Crippen LogP contribution < -0.4 is 9.47 Å². The monoisotopic (exact) mass is 522 g/mol. The second kappa shape index (κ2) is 15.6. The van der Waals surface area contributed by atoms with Crippen molar-refractivity contribution in [2.75, 3.05) is 39.6 Å². The van der Waals surface area contributed by atoms with E-state index in [0.717, 1.165) is 93.9 Å². The third-order valence-corrected chi connectivity index (χ3v) is 7.12. The number of carbonyl (C=O) groups is 1. The number of hydrogen-bond donors (Lipinski definition) is 1. The molecule has 3 rings (SSSR count). The number of piperazine rings is 1. The quantitative estimate of drug-likeness (QED) is 0.248. The first-order valence-electron chi connectivity index (χ1n) is 14.0. The van der Waals surface area contributed by atoms with Gasteiger partial charge in [0.2, 0.25) is 12.7 Å². The van der Waals surface area contributed by atoms with Gasteiger partial charge >= 0.3 is 0 Å². The van der Waals surface area contributed by atoms with E-state index < -0.39 is 0 Å². The molecule has 1 aromatic carbocycles. The molecule has 0 aliphatic carbocycles. The van der Waals surface area contributed by atoms with Crippen molar-refractivity contribution in [3.8, 4) is 11.5 Å². The van der Waals surface area contributed by atoms with Gasteiger partial charge in [-0.15, -0.1) is 0 Å². The molecule has 6 heteroatoms. The molecule has 1 N–H and O–H groups in total. The molecule has 0 radical (unpaired) electrons. The molecule has 1 amide bonds. The van der Waals surface area contributed by atoms with Crippen LogP contribution in [0.25, 0.3) is 0 Å². The van der Waals surface area contributed by atoms with Crippen LogP contribution in [0.2, 0.25) is 0 Å². The fourth-order valence-corrected chi connectivity index (χ4v) is 4.74. The number of nitrogens with zero attached hydrogens (tertiary/aromatic N) is 2. The van der Waals surface area contributed by atoms with Crippen molar-refractivity contribution in [3.63, 3.8) is 0 Å². The normalized spacial score (nSPS) is 16.7. The molecule has 0 aromatic heterocycles. The number of fused-ring (bicyclic) bond motifs is 1. The van der Waals surface area contributed by atoms with E-state index in [1.807, 2.05) is 24.0 Å². The van der Waals surface area contributed by atoms with Crippen LogP contribution >= 0.6 is 0 Å². The van der Waals surface area contributed by atoms with E-state index in [1.165, 1.54) is 16.7 Å². The molecule has 2 aliphatic heterocycles. The van der Waals surface area contributed by atoms with Gasteiger partial charge in [0.15, 0.2) is 11.5 Å². The van der Waals surface area contributed by atoms with Crippen molar-refractivity contribution < 1.29 is 19.4 Å². The molecule has 6 nitrogen and oxygen atoms in total. The maximum absolute atomic E-state index is 12.8. The molecular formula is C32H46N2O4. The van der Waals surface area contributed by atoms with E-state index in [-0.39, 0.29) is 12.5 Å². The summed E-state index contributed by atoms with van der Waals surface area (Å²) in [7, 11) is 0. The maximum atomic E-state index is 12.8. The summed E-state index contributed by atoms with van der Waals surface area (Å²) in [6.45, 7) is 12.9. The second-order valence-electron chi connectivity index (χ2n) is 10.7. The van der Waals surface area contributed by atoms with Gasteiger partial charge in [-0.1, -0.05) is 41.0 Å². The number of aliphatic hydroxyl groups excluding tert-OH is 1. The van der Waals surface area contributed by atoms with Gasteiger partial charge in [0.05, 0.1) is 6.61 Å². The minimum atomic E-state index is 0.100. The topological polar surface area (TPSA) is 62.2 Å². The third kappa shape index (κ3) is 10.1. The average Bonchev–Trinajstić information content (AvgIpc) is 3.36. The highest BCUT2D eigenvalue weighted by Gasteiger charge is 2.21. The largest absolute Gasteiger partial charge is 0.454 e. The Kier molecular flexibility index (Phi) is 12.2. The summed E-state index contributed by atoms with van der Waals surface area (Å²) in [5, 5.41) is 9.74. The van der Waals surface area contributed by atoms with Gasteiger partial charge in [0, 0.05) is 38.8 Å². The van der Waals surface area contributed by atoms with Crippen molar-refractivity contribution in [2.45, 2.75) is 72.8 Å². The van der Waals surface area contributed by atoms with E-state index >= 15 is 0 Å². The third-order valence-electron chi connectivity index (χ3n) is 7.12. The van der Waals surface area contributed by atoms with Gasteiger partial charge in [-0.2, -0.15) is 0 Å². The van der Waals surface area contributed by atoms with Crippen molar-refractivity contribution in [2.24, 2.45) is 0 Å². The molecule has 38 heavy (non-hydrogen) atoms. The standard InChI is InChI=1S/C32H46N2O4/c1-25(2)8-5-9-26(3)10-6-12-28(23-35)13-7-11-27(4)20-32(36)34-18-16-33(17-19-34)22-29-14-15-30-31(21-29)38-24-37-30/h8,10,13-15,20-21,35H,5-7,9,11-12,16-19,22-24H2,1-4H3. The number of carbonyl (C=O) groups excluding carboxylic acids is 1. The van der Waals surface area contributed by atoms with Crippen LogP contribution in [-0.2, 0) is 11.3 Å². The zero-order chi connectivity index (χ0) is 27.3. The number of hydrogen-bond acceptors (Lipinski definition) is 5. The molecule has 0 bridgehead atoms. The summed E-state index contributed by atoms with van der Waals surface area (Å²) in [6.07, 6.45) is 14.2. The molecule has 1 aromatic rings. The first-order valence-corrected chi connectivity index (χ1v) is 14.0. The lowest BCUT2D eigenvalue weighted by Gasteiger charge is -2.34. The Hall–Kier alpha value is -2.83. The first-order chi connectivity index (χ1) is 18.3. The number of allylic oxidation sites excluding steroid dienone is 6. The number of rotatable bonds is 13. The molecule has 1 saturated heterocycles. The predicted octanol–water partition coefficient (Wildman–Crippen LogP) is 6.18. The van der Waals surface area contributed by atoms with Crippen LogP contribution in [0.4, 0.5) is 0 Å². The summed E-state index contributed by atoms with van der Waals surface area (Å²) >= 11 is 0. The Bertz CT molecular complexity index is 1040. The molecule has 2 aliphatic rings. The Morgan fingerprint density at radius 3 is 2.29 bits per heavy atom. The van der Waals surface area contributed by atoms with E-state index in [0.29, 0.717) is 6.79 Å². The van der Waals surface area contributed by atoms with Crippen molar-refractivity contribution in [1.29, 1.82) is 0 Å². The lowest BCUT2D eigenvalue weighted by molar-refractivity contribution is -0.127. The fourth-order valence-electron chi connectivity index (χ4n) is 4.74. The zero-order valence-electron chi connectivity index (χ0n) is 23.8. The summed E-state index contributed by atoms with van der Waals surface area (Å²) in [5.74, 6) is 1.73. The minimum absolute atomic E-state index is 0.100.